The number of nitrogens with zero attached hydrogens (tertiary/aromatic N) is 2. The molecule has 104 valence electrons. The molecule has 0 saturated heterocycles. The second-order valence-corrected chi connectivity index (χ2v) is 5.88. The van der Waals surface area contributed by atoms with Gasteiger partial charge in [0.25, 0.3) is 0 Å². The Morgan fingerprint density at radius 2 is 2.05 bits per heavy atom. The lowest BCUT2D eigenvalue weighted by Gasteiger charge is -2.26. The third-order valence-corrected chi connectivity index (χ3v) is 4.27. The summed E-state index contributed by atoms with van der Waals surface area (Å²) in [5.41, 5.74) is 1.90. The third kappa shape index (κ3) is 2.79. The average molecular weight is 261 g/mol. The highest BCUT2D eigenvalue weighted by Crippen LogP contribution is 2.40. The topological polar surface area (TPSA) is 47.0 Å². The number of ether oxygens (including phenoxy) is 1. The van der Waals surface area contributed by atoms with Crippen molar-refractivity contribution in [3.63, 3.8) is 0 Å². The van der Waals surface area contributed by atoms with E-state index in [1.54, 1.807) is 7.11 Å². The third-order valence-electron chi connectivity index (χ3n) is 4.27. The minimum atomic E-state index is -0.236. The summed E-state index contributed by atoms with van der Waals surface area (Å²) < 4.78 is 5.79. The SMILES string of the molecule is COC1(c2nc(C)cc(CNC3CC3)n2)CCCC1. The summed E-state index contributed by atoms with van der Waals surface area (Å²) in [6.07, 6.45) is 7.12. The molecule has 2 aliphatic rings. The molecule has 1 heterocycles. The molecule has 19 heavy (non-hydrogen) atoms. The number of hydrogen-bond donors (Lipinski definition) is 1. The van der Waals surface area contributed by atoms with Crippen molar-refractivity contribution in [1.29, 1.82) is 0 Å². The number of aromatic nitrogens is 2. The first-order valence-corrected chi connectivity index (χ1v) is 7.35. The van der Waals surface area contributed by atoms with Crippen LogP contribution in [0, 0.1) is 6.92 Å². The van der Waals surface area contributed by atoms with Crippen LogP contribution in [0.2, 0.25) is 0 Å². The zero-order chi connectivity index (χ0) is 13.3. The van der Waals surface area contributed by atoms with E-state index in [1.165, 1.54) is 25.7 Å². The lowest BCUT2D eigenvalue weighted by molar-refractivity contribution is -0.0166. The van der Waals surface area contributed by atoms with Crippen LogP contribution in [-0.2, 0) is 16.9 Å². The summed E-state index contributed by atoms with van der Waals surface area (Å²) in [4.78, 5) is 9.40. The van der Waals surface area contributed by atoms with E-state index in [1.807, 2.05) is 6.92 Å². The summed E-state index contributed by atoms with van der Waals surface area (Å²) in [6.45, 7) is 2.89. The van der Waals surface area contributed by atoms with Crippen LogP contribution < -0.4 is 5.32 Å². The minimum absolute atomic E-state index is 0.236. The fourth-order valence-corrected chi connectivity index (χ4v) is 2.93. The van der Waals surface area contributed by atoms with Crippen molar-refractivity contribution in [1.82, 2.24) is 15.3 Å². The van der Waals surface area contributed by atoms with Crippen LogP contribution in [0.25, 0.3) is 0 Å². The summed E-state index contributed by atoms with van der Waals surface area (Å²) in [6, 6.07) is 2.79. The van der Waals surface area contributed by atoms with Crippen LogP contribution in [0.1, 0.15) is 55.7 Å². The molecule has 0 aliphatic heterocycles. The Bertz CT molecular complexity index is 451. The van der Waals surface area contributed by atoms with E-state index in [4.69, 9.17) is 9.72 Å². The maximum atomic E-state index is 5.79. The minimum Gasteiger partial charge on any atom is -0.370 e. The largest absolute Gasteiger partial charge is 0.370 e. The molecule has 2 aliphatic carbocycles. The van der Waals surface area contributed by atoms with Gasteiger partial charge >= 0.3 is 0 Å². The van der Waals surface area contributed by atoms with Gasteiger partial charge in [0.1, 0.15) is 5.60 Å². The van der Waals surface area contributed by atoms with Crippen molar-refractivity contribution in [2.24, 2.45) is 0 Å². The molecule has 4 heteroatoms. The number of methoxy groups -OCH3 is 1. The quantitative estimate of drug-likeness (QED) is 0.884. The highest BCUT2D eigenvalue weighted by Gasteiger charge is 2.38. The second kappa shape index (κ2) is 5.17. The maximum absolute atomic E-state index is 5.79. The van der Waals surface area contributed by atoms with Gasteiger partial charge in [-0.05, 0) is 51.5 Å². The molecule has 1 N–H and O–H groups in total. The van der Waals surface area contributed by atoms with Crippen molar-refractivity contribution < 1.29 is 4.74 Å². The molecule has 0 unspecified atom stereocenters. The molecule has 1 aromatic rings. The Morgan fingerprint density at radius 3 is 2.68 bits per heavy atom. The van der Waals surface area contributed by atoms with E-state index in [-0.39, 0.29) is 5.60 Å². The van der Waals surface area contributed by atoms with Crippen molar-refractivity contribution >= 4 is 0 Å². The molecule has 0 radical (unpaired) electrons. The van der Waals surface area contributed by atoms with Gasteiger partial charge in [-0.1, -0.05) is 0 Å². The van der Waals surface area contributed by atoms with Crippen LogP contribution >= 0.6 is 0 Å². The van der Waals surface area contributed by atoms with E-state index in [0.29, 0.717) is 6.04 Å². The van der Waals surface area contributed by atoms with Gasteiger partial charge in [-0.2, -0.15) is 0 Å². The number of hydrogen-bond acceptors (Lipinski definition) is 4. The molecule has 0 aromatic carbocycles. The lowest BCUT2D eigenvalue weighted by atomic mass is 10.0. The molecule has 1 aromatic heterocycles. The molecule has 0 atom stereocenters. The number of nitrogens with one attached hydrogen (secondary N) is 1. The Morgan fingerprint density at radius 1 is 1.32 bits per heavy atom. The predicted octanol–water partition coefficient (Wildman–Crippen LogP) is 2.45. The summed E-state index contributed by atoms with van der Waals surface area (Å²) in [7, 11) is 1.79. The van der Waals surface area contributed by atoms with E-state index < -0.39 is 0 Å². The Kier molecular flexibility index (Phi) is 3.54. The van der Waals surface area contributed by atoms with Gasteiger partial charge in [-0.3, -0.25) is 0 Å². The first kappa shape index (κ1) is 13.0. The predicted molar refractivity (Wildman–Crippen MR) is 73.8 cm³/mol. The highest BCUT2D eigenvalue weighted by atomic mass is 16.5. The van der Waals surface area contributed by atoms with Gasteiger partial charge in [-0.15, -0.1) is 0 Å². The molecular formula is C15H23N3O. The second-order valence-electron chi connectivity index (χ2n) is 5.88. The Hall–Kier alpha value is -1.00. The monoisotopic (exact) mass is 261 g/mol. The smallest absolute Gasteiger partial charge is 0.160 e. The van der Waals surface area contributed by atoms with Gasteiger partial charge in [0.05, 0.1) is 5.69 Å². The fraction of sp³-hybridized carbons (Fsp3) is 0.733. The lowest BCUT2D eigenvalue weighted by Crippen LogP contribution is -2.29. The number of aryl methyl sites for hydroxylation is 1. The van der Waals surface area contributed by atoms with Crippen LogP contribution in [-0.4, -0.2) is 23.1 Å². The van der Waals surface area contributed by atoms with Crippen LogP contribution in [0.3, 0.4) is 0 Å². The van der Waals surface area contributed by atoms with E-state index in [9.17, 15) is 0 Å². The van der Waals surface area contributed by atoms with E-state index in [0.717, 1.165) is 36.6 Å². The molecular weight excluding hydrogens is 238 g/mol. The molecule has 2 saturated carbocycles. The highest BCUT2D eigenvalue weighted by molar-refractivity contribution is 5.15. The van der Waals surface area contributed by atoms with Gasteiger partial charge < -0.3 is 10.1 Å². The average Bonchev–Trinajstić information content (AvgIpc) is 3.11. The zero-order valence-corrected chi connectivity index (χ0v) is 11.9. The van der Waals surface area contributed by atoms with Gasteiger partial charge in [0.2, 0.25) is 0 Å². The van der Waals surface area contributed by atoms with Gasteiger partial charge in [-0.25, -0.2) is 9.97 Å². The molecule has 0 spiro atoms. The first-order chi connectivity index (χ1) is 9.22. The van der Waals surface area contributed by atoms with Gasteiger partial charge in [0.15, 0.2) is 5.82 Å². The van der Waals surface area contributed by atoms with E-state index in [2.05, 4.69) is 16.4 Å². The standard InChI is InChI=1S/C15H23N3O/c1-11-9-13(10-16-12-5-6-12)18-14(17-11)15(19-2)7-3-4-8-15/h9,12,16H,3-8,10H2,1-2H3. The van der Waals surface area contributed by atoms with Crippen LogP contribution in [0.15, 0.2) is 6.07 Å². The molecule has 2 fully saturated rings. The van der Waals surface area contributed by atoms with E-state index >= 15 is 0 Å². The maximum Gasteiger partial charge on any atom is 0.160 e. The van der Waals surface area contributed by atoms with Crippen molar-refractivity contribution in [3.05, 3.63) is 23.3 Å². The fourth-order valence-electron chi connectivity index (χ4n) is 2.93. The van der Waals surface area contributed by atoms with Crippen molar-refractivity contribution in [3.8, 4) is 0 Å². The molecule has 3 rings (SSSR count). The Balaban J connectivity index is 1.83. The zero-order valence-electron chi connectivity index (χ0n) is 11.9. The number of rotatable bonds is 5. The Labute approximate surface area is 115 Å². The summed E-state index contributed by atoms with van der Waals surface area (Å²) in [5.74, 6) is 0.889. The summed E-state index contributed by atoms with van der Waals surface area (Å²) >= 11 is 0. The molecule has 0 amide bonds. The van der Waals surface area contributed by atoms with Crippen LogP contribution in [0.5, 0.6) is 0 Å². The normalized spacial score (nSPS) is 21.8. The first-order valence-electron chi connectivity index (χ1n) is 7.35. The summed E-state index contributed by atoms with van der Waals surface area (Å²) in [5, 5.41) is 3.52. The van der Waals surface area contributed by atoms with Gasteiger partial charge in [0, 0.05) is 25.4 Å². The molecule has 4 nitrogen and oxygen atoms in total. The van der Waals surface area contributed by atoms with Crippen LogP contribution in [0.4, 0.5) is 0 Å². The molecule has 0 bridgehead atoms. The van der Waals surface area contributed by atoms with Crippen molar-refractivity contribution in [2.75, 3.05) is 7.11 Å². The van der Waals surface area contributed by atoms with Crippen molar-refractivity contribution in [2.45, 2.75) is 63.6 Å².